The second kappa shape index (κ2) is 4.60. The van der Waals surface area contributed by atoms with Gasteiger partial charge in [0.2, 0.25) is 0 Å². The third-order valence-electron chi connectivity index (χ3n) is 3.47. The van der Waals surface area contributed by atoms with Gasteiger partial charge in [0.25, 0.3) is 0 Å². The number of aryl methyl sites for hydroxylation is 2. The monoisotopic (exact) mass is 223 g/mol. The Morgan fingerprint density at radius 3 is 2.69 bits per heavy atom. The molecule has 0 saturated heterocycles. The lowest BCUT2D eigenvalue weighted by Gasteiger charge is -2.32. The van der Waals surface area contributed by atoms with Crippen molar-refractivity contribution in [2.75, 3.05) is 6.54 Å². The van der Waals surface area contributed by atoms with Crippen molar-refractivity contribution in [1.29, 1.82) is 0 Å². The molecule has 2 rings (SSSR count). The summed E-state index contributed by atoms with van der Waals surface area (Å²) in [6.45, 7) is 7.13. The highest BCUT2D eigenvalue weighted by molar-refractivity contribution is 5.23. The maximum Gasteiger partial charge on any atom is 0.105 e. The van der Waals surface area contributed by atoms with Crippen molar-refractivity contribution in [1.82, 2.24) is 5.32 Å². The lowest BCUT2D eigenvalue weighted by Crippen LogP contribution is -2.37. The largest absolute Gasteiger partial charge is 0.466 e. The van der Waals surface area contributed by atoms with Crippen molar-refractivity contribution < 1.29 is 9.52 Å². The molecule has 0 bridgehead atoms. The van der Waals surface area contributed by atoms with E-state index in [0.717, 1.165) is 30.9 Å². The van der Waals surface area contributed by atoms with Gasteiger partial charge in [-0.05, 0) is 52.1 Å². The van der Waals surface area contributed by atoms with Gasteiger partial charge in [0.15, 0.2) is 0 Å². The molecule has 3 nitrogen and oxygen atoms in total. The third kappa shape index (κ3) is 2.47. The van der Waals surface area contributed by atoms with E-state index in [1.54, 1.807) is 0 Å². The van der Waals surface area contributed by atoms with Gasteiger partial charge in [-0.3, -0.25) is 0 Å². The van der Waals surface area contributed by atoms with Gasteiger partial charge in [0.05, 0.1) is 6.10 Å². The highest BCUT2D eigenvalue weighted by Gasteiger charge is 2.27. The second-order valence-corrected chi connectivity index (χ2v) is 4.99. The number of hydrogen-bond donors (Lipinski definition) is 2. The fourth-order valence-electron chi connectivity index (χ4n) is 2.40. The topological polar surface area (TPSA) is 45.4 Å². The molecule has 1 unspecified atom stereocenters. The standard InChI is InChI=1S/C13H21NO2/c1-8-4-13(10(3)16-8)9(2)14-7-11-5-12(15)6-11/h4,9,11-12,14-15H,5-7H2,1-3H3. The summed E-state index contributed by atoms with van der Waals surface area (Å²) in [7, 11) is 0. The average molecular weight is 223 g/mol. The normalized spacial score (nSPS) is 26.5. The van der Waals surface area contributed by atoms with E-state index < -0.39 is 0 Å². The fraction of sp³-hybridized carbons (Fsp3) is 0.692. The van der Waals surface area contributed by atoms with Crippen LogP contribution in [-0.2, 0) is 0 Å². The zero-order valence-corrected chi connectivity index (χ0v) is 10.3. The lowest BCUT2D eigenvalue weighted by atomic mass is 9.82. The predicted molar refractivity (Wildman–Crippen MR) is 63.3 cm³/mol. The minimum atomic E-state index is -0.0555. The lowest BCUT2D eigenvalue weighted by molar-refractivity contribution is 0.0420. The van der Waals surface area contributed by atoms with Gasteiger partial charge in [-0.1, -0.05) is 0 Å². The molecule has 0 amide bonds. The summed E-state index contributed by atoms with van der Waals surface area (Å²) in [5, 5.41) is 12.7. The molecule has 1 heterocycles. The van der Waals surface area contributed by atoms with Crippen molar-refractivity contribution in [3.63, 3.8) is 0 Å². The number of aliphatic hydroxyl groups is 1. The van der Waals surface area contributed by atoms with Crippen LogP contribution in [0.3, 0.4) is 0 Å². The Hall–Kier alpha value is -0.800. The van der Waals surface area contributed by atoms with Gasteiger partial charge in [-0.15, -0.1) is 0 Å². The van der Waals surface area contributed by atoms with Crippen LogP contribution in [0.15, 0.2) is 10.5 Å². The first-order valence-electron chi connectivity index (χ1n) is 6.04. The van der Waals surface area contributed by atoms with Crippen LogP contribution in [0.5, 0.6) is 0 Å². The minimum Gasteiger partial charge on any atom is -0.466 e. The molecular weight excluding hydrogens is 202 g/mol. The van der Waals surface area contributed by atoms with Crippen LogP contribution < -0.4 is 5.32 Å². The summed E-state index contributed by atoms with van der Waals surface area (Å²) in [6.07, 6.45) is 1.84. The number of rotatable bonds is 4. The molecular formula is C13H21NO2. The van der Waals surface area contributed by atoms with Crippen LogP contribution >= 0.6 is 0 Å². The van der Waals surface area contributed by atoms with E-state index in [-0.39, 0.29) is 6.10 Å². The smallest absolute Gasteiger partial charge is 0.105 e. The third-order valence-corrected chi connectivity index (χ3v) is 3.47. The Morgan fingerprint density at radius 1 is 1.50 bits per heavy atom. The average Bonchev–Trinajstić information content (AvgIpc) is 2.50. The van der Waals surface area contributed by atoms with Gasteiger partial charge in [0, 0.05) is 11.6 Å². The molecule has 16 heavy (non-hydrogen) atoms. The van der Waals surface area contributed by atoms with E-state index in [9.17, 15) is 5.11 Å². The number of nitrogens with one attached hydrogen (secondary N) is 1. The van der Waals surface area contributed by atoms with E-state index in [1.165, 1.54) is 5.56 Å². The maximum absolute atomic E-state index is 9.21. The van der Waals surface area contributed by atoms with Gasteiger partial charge in [0.1, 0.15) is 11.5 Å². The summed E-state index contributed by atoms with van der Waals surface area (Å²) in [6, 6.07) is 2.43. The molecule has 1 fully saturated rings. The molecule has 0 aliphatic heterocycles. The molecule has 1 aromatic heterocycles. The summed E-state index contributed by atoms with van der Waals surface area (Å²) in [5.41, 5.74) is 1.25. The van der Waals surface area contributed by atoms with Gasteiger partial charge in [-0.2, -0.15) is 0 Å². The molecule has 0 spiro atoms. The van der Waals surface area contributed by atoms with Crippen molar-refractivity contribution in [3.05, 3.63) is 23.2 Å². The Morgan fingerprint density at radius 2 is 2.19 bits per heavy atom. The molecule has 90 valence electrons. The Kier molecular flexibility index (Phi) is 3.36. The minimum absolute atomic E-state index is 0.0555. The van der Waals surface area contributed by atoms with Crippen molar-refractivity contribution >= 4 is 0 Å². The summed E-state index contributed by atoms with van der Waals surface area (Å²) < 4.78 is 5.52. The number of hydrogen-bond acceptors (Lipinski definition) is 3. The molecule has 0 aromatic carbocycles. The van der Waals surface area contributed by atoms with Crippen LogP contribution in [-0.4, -0.2) is 17.8 Å². The molecule has 3 heteroatoms. The number of furan rings is 1. The quantitative estimate of drug-likeness (QED) is 0.823. The zero-order valence-electron chi connectivity index (χ0n) is 10.3. The number of aliphatic hydroxyl groups excluding tert-OH is 1. The van der Waals surface area contributed by atoms with Gasteiger partial charge < -0.3 is 14.8 Å². The summed E-state index contributed by atoms with van der Waals surface area (Å²) in [5.74, 6) is 2.62. The van der Waals surface area contributed by atoms with Gasteiger partial charge in [-0.25, -0.2) is 0 Å². The molecule has 1 aromatic rings. The Labute approximate surface area is 96.8 Å². The van der Waals surface area contributed by atoms with Crippen LogP contribution in [0, 0.1) is 19.8 Å². The Bertz CT molecular complexity index is 353. The first kappa shape index (κ1) is 11.7. The Balaban J connectivity index is 1.83. The molecule has 1 aliphatic carbocycles. The van der Waals surface area contributed by atoms with Crippen molar-refractivity contribution in [3.8, 4) is 0 Å². The van der Waals surface area contributed by atoms with Crippen LogP contribution in [0.25, 0.3) is 0 Å². The second-order valence-electron chi connectivity index (χ2n) is 4.99. The zero-order chi connectivity index (χ0) is 11.7. The highest BCUT2D eigenvalue weighted by Crippen LogP contribution is 2.27. The SMILES string of the molecule is Cc1cc(C(C)NCC2CC(O)C2)c(C)o1. The summed E-state index contributed by atoms with van der Waals surface area (Å²) >= 11 is 0. The van der Waals surface area contributed by atoms with E-state index in [0.29, 0.717) is 12.0 Å². The van der Waals surface area contributed by atoms with E-state index in [2.05, 4.69) is 18.3 Å². The van der Waals surface area contributed by atoms with E-state index in [1.807, 2.05) is 13.8 Å². The van der Waals surface area contributed by atoms with Crippen molar-refractivity contribution in [2.45, 2.75) is 45.8 Å². The first-order chi connectivity index (χ1) is 7.56. The fourth-order valence-corrected chi connectivity index (χ4v) is 2.40. The highest BCUT2D eigenvalue weighted by atomic mass is 16.3. The van der Waals surface area contributed by atoms with Crippen LogP contribution in [0.1, 0.15) is 42.9 Å². The van der Waals surface area contributed by atoms with Crippen LogP contribution in [0.2, 0.25) is 0 Å². The first-order valence-corrected chi connectivity index (χ1v) is 6.04. The van der Waals surface area contributed by atoms with Crippen molar-refractivity contribution in [2.24, 2.45) is 5.92 Å². The molecule has 1 aliphatic rings. The molecule has 0 radical (unpaired) electrons. The summed E-state index contributed by atoms with van der Waals surface area (Å²) in [4.78, 5) is 0. The van der Waals surface area contributed by atoms with E-state index in [4.69, 9.17) is 4.42 Å². The molecule has 2 N–H and O–H groups in total. The van der Waals surface area contributed by atoms with E-state index >= 15 is 0 Å². The predicted octanol–water partition coefficient (Wildman–Crippen LogP) is 2.32. The molecule has 1 saturated carbocycles. The maximum atomic E-state index is 9.21. The van der Waals surface area contributed by atoms with Gasteiger partial charge >= 0.3 is 0 Å². The molecule has 1 atom stereocenters. The van der Waals surface area contributed by atoms with Crippen LogP contribution in [0.4, 0.5) is 0 Å².